The van der Waals surface area contributed by atoms with Crippen LogP contribution in [0.1, 0.15) is 18.9 Å². The van der Waals surface area contributed by atoms with Crippen LogP contribution in [0.3, 0.4) is 0 Å². The summed E-state index contributed by atoms with van der Waals surface area (Å²) < 4.78 is 45.4. The SMILES string of the molecule is CC1CN(S(=O)(=O)c2cccc(F)c2C#N)CCCO1. The molecule has 0 radical (unpaired) electrons. The number of sulfonamides is 1. The maximum absolute atomic E-state index is 13.6. The molecule has 1 unspecified atom stereocenters. The van der Waals surface area contributed by atoms with Crippen molar-refractivity contribution in [2.45, 2.75) is 24.3 Å². The van der Waals surface area contributed by atoms with Crippen molar-refractivity contribution in [2.75, 3.05) is 19.7 Å². The van der Waals surface area contributed by atoms with Gasteiger partial charge in [-0.05, 0) is 25.5 Å². The second-order valence-electron chi connectivity index (χ2n) is 4.62. The van der Waals surface area contributed by atoms with Crippen LogP contribution in [-0.2, 0) is 14.8 Å². The van der Waals surface area contributed by atoms with Crippen molar-refractivity contribution in [1.82, 2.24) is 4.31 Å². The van der Waals surface area contributed by atoms with E-state index in [4.69, 9.17) is 10.00 Å². The third-order valence-electron chi connectivity index (χ3n) is 3.12. The van der Waals surface area contributed by atoms with Gasteiger partial charge in [0.2, 0.25) is 10.0 Å². The number of rotatable bonds is 2. The van der Waals surface area contributed by atoms with Gasteiger partial charge in [-0.25, -0.2) is 12.8 Å². The summed E-state index contributed by atoms with van der Waals surface area (Å²) in [5.41, 5.74) is -0.440. The molecule has 5 nitrogen and oxygen atoms in total. The van der Waals surface area contributed by atoms with Gasteiger partial charge < -0.3 is 4.74 Å². The minimum atomic E-state index is -3.89. The van der Waals surface area contributed by atoms with Crippen LogP contribution in [0.5, 0.6) is 0 Å². The first kappa shape index (κ1) is 14.9. The van der Waals surface area contributed by atoms with Crippen molar-refractivity contribution in [3.63, 3.8) is 0 Å². The first-order chi connectivity index (χ1) is 9.46. The summed E-state index contributed by atoms with van der Waals surface area (Å²) in [7, 11) is -3.89. The summed E-state index contributed by atoms with van der Waals surface area (Å²) >= 11 is 0. The molecular formula is C13H15FN2O3S. The number of halogens is 1. The highest BCUT2D eigenvalue weighted by molar-refractivity contribution is 7.89. The van der Waals surface area contributed by atoms with E-state index in [1.54, 1.807) is 13.0 Å². The zero-order chi connectivity index (χ0) is 14.8. The Labute approximate surface area is 117 Å². The summed E-state index contributed by atoms with van der Waals surface area (Å²) in [6, 6.07) is 5.25. The lowest BCUT2D eigenvalue weighted by Crippen LogP contribution is -2.36. The maximum Gasteiger partial charge on any atom is 0.244 e. The van der Waals surface area contributed by atoms with Crippen LogP contribution in [0, 0.1) is 17.1 Å². The average Bonchev–Trinajstić information content (AvgIpc) is 2.63. The molecular weight excluding hydrogens is 283 g/mol. The largest absolute Gasteiger partial charge is 0.377 e. The molecule has 0 bridgehead atoms. The molecule has 1 aliphatic heterocycles. The fraction of sp³-hybridized carbons (Fsp3) is 0.462. The highest BCUT2D eigenvalue weighted by Gasteiger charge is 2.30. The molecule has 1 aromatic carbocycles. The van der Waals surface area contributed by atoms with E-state index in [2.05, 4.69) is 0 Å². The lowest BCUT2D eigenvalue weighted by Gasteiger charge is -2.22. The molecule has 0 spiro atoms. The second kappa shape index (κ2) is 5.87. The lowest BCUT2D eigenvalue weighted by atomic mass is 10.2. The van der Waals surface area contributed by atoms with Crippen molar-refractivity contribution < 1.29 is 17.5 Å². The molecule has 1 atom stereocenters. The summed E-state index contributed by atoms with van der Waals surface area (Å²) in [5, 5.41) is 8.97. The van der Waals surface area contributed by atoms with Crippen LogP contribution >= 0.6 is 0 Å². The van der Waals surface area contributed by atoms with Crippen molar-refractivity contribution in [3.8, 4) is 6.07 Å². The van der Waals surface area contributed by atoms with Crippen LogP contribution in [-0.4, -0.2) is 38.5 Å². The molecule has 0 amide bonds. The van der Waals surface area contributed by atoms with E-state index >= 15 is 0 Å². The predicted molar refractivity (Wildman–Crippen MR) is 69.9 cm³/mol. The lowest BCUT2D eigenvalue weighted by molar-refractivity contribution is 0.0752. The predicted octanol–water partition coefficient (Wildman–Crippen LogP) is 1.50. The Bertz CT molecular complexity index is 640. The van der Waals surface area contributed by atoms with Gasteiger partial charge >= 0.3 is 0 Å². The van der Waals surface area contributed by atoms with Crippen molar-refractivity contribution >= 4 is 10.0 Å². The topological polar surface area (TPSA) is 70.4 Å². The standard InChI is InChI=1S/C13H15FN2O3S/c1-10-9-16(6-3-7-19-10)20(17,18)13-5-2-4-12(14)11(13)8-15/h2,4-5,10H,3,6-7,9H2,1H3. The molecule has 7 heteroatoms. The van der Waals surface area contributed by atoms with E-state index in [1.807, 2.05) is 0 Å². The Kier molecular flexibility index (Phi) is 4.38. The zero-order valence-electron chi connectivity index (χ0n) is 11.0. The van der Waals surface area contributed by atoms with Crippen LogP contribution in [0.2, 0.25) is 0 Å². The third-order valence-corrected chi connectivity index (χ3v) is 5.03. The van der Waals surface area contributed by atoms with E-state index in [0.717, 1.165) is 6.07 Å². The maximum atomic E-state index is 13.6. The third kappa shape index (κ3) is 2.82. The van der Waals surface area contributed by atoms with Crippen LogP contribution < -0.4 is 0 Å². The first-order valence-electron chi connectivity index (χ1n) is 6.27. The zero-order valence-corrected chi connectivity index (χ0v) is 11.9. The summed E-state index contributed by atoms with van der Waals surface area (Å²) in [4.78, 5) is -0.283. The molecule has 1 heterocycles. The highest BCUT2D eigenvalue weighted by atomic mass is 32.2. The normalized spacial score (nSPS) is 21.1. The fourth-order valence-corrected chi connectivity index (χ4v) is 3.85. The van der Waals surface area contributed by atoms with Gasteiger partial charge in [0, 0.05) is 19.7 Å². The quantitative estimate of drug-likeness (QED) is 0.829. The smallest absolute Gasteiger partial charge is 0.244 e. The number of nitriles is 1. The second-order valence-corrected chi connectivity index (χ2v) is 6.53. The summed E-state index contributed by atoms with van der Waals surface area (Å²) in [5.74, 6) is -0.826. The Hall–Kier alpha value is -1.49. The molecule has 0 N–H and O–H groups in total. The van der Waals surface area contributed by atoms with E-state index < -0.39 is 21.4 Å². The molecule has 20 heavy (non-hydrogen) atoms. The number of hydrogen-bond donors (Lipinski definition) is 0. The Morgan fingerprint density at radius 3 is 2.95 bits per heavy atom. The molecule has 1 fully saturated rings. The fourth-order valence-electron chi connectivity index (χ4n) is 2.14. The van der Waals surface area contributed by atoms with Gasteiger partial charge in [0.15, 0.2) is 0 Å². The van der Waals surface area contributed by atoms with Gasteiger partial charge in [-0.2, -0.15) is 9.57 Å². The monoisotopic (exact) mass is 298 g/mol. The van der Waals surface area contributed by atoms with Gasteiger partial charge in [-0.15, -0.1) is 0 Å². The number of nitrogens with zero attached hydrogens (tertiary/aromatic N) is 2. The van der Waals surface area contributed by atoms with Crippen LogP contribution in [0.15, 0.2) is 23.1 Å². The number of hydrogen-bond acceptors (Lipinski definition) is 4. The summed E-state index contributed by atoms with van der Waals surface area (Å²) in [6.45, 7) is 2.77. The molecule has 0 aromatic heterocycles. The van der Waals surface area contributed by atoms with Gasteiger partial charge in [0.25, 0.3) is 0 Å². The average molecular weight is 298 g/mol. The van der Waals surface area contributed by atoms with Gasteiger partial charge in [0.05, 0.1) is 6.10 Å². The molecule has 0 saturated carbocycles. The minimum Gasteiger partial charge on any atom is -0.377 e. The minimum absolute atomic E-state index is 0.198. The first-order valence-corrected chi connectivity index (χ1v) is 7.71. The van der Waals surface area contributed by atoms with Gasteiger partial charge in [0.1, 0.15) is 22.3 Å². The van der Waals surface area contributed by atoms with Crippen LogP contribution in [0.4, 0.5) is 4.39 Å². The highest BCUT2D eigenvalue weighted by Crippen LogP contribution is 2.23. The molecule has 0 aliphatic carbocycles. The van der Waals surface area contributed by atoms with E-state index in [-0.39, 0.29) is 17.5 Å². The number of benzene rings is 1. The van der Waals surface area contributed by atoms with Crippen molar-refractivity contribution in [1.29, 1.82) is 5.26 Å². The summed E-state index contributed by atoms with van der Waals surface area (Å²) in [6.07, 6.45) is 0.340. The van der Waals surface area contributed by atoms with E-state index in [9.17, 15) is 12.8 Å². The van der Waals surface area contributed by atoms with Crippen molar-refractivity contribution in [2.24, 2.45) is 0 Å². The Morgan fingerprint density at radius 2 is 2.25 bits per heavy atom. The van der Waals surface area contributed by atoms with Crippen LogP contribution in [0.25, 0.3) is 0 Å². The Morgan fingerprint density at radius 1 is 1.50 bits per heavy atom. The van der Waals surface area contributed by atoms with Gasteiger partial charge in [-0.3, -0.25) is 0 Å². The molecule has 1 aromatic rings. The van der Waals surface area contributed by atoms with Crippen molar-refractivity contribution in [3.05, 3.63) is 29.6 Å². The van der Waals surface area contributed by atoms with E-state index in [0.29, 0.717) is 19.6 Å². The molecule has 2 rings (SSSR count). The molecule has 108 valence electrons. The number of ether oxygens (including phenoxy) is 1. The van der Waals surface area contributed by atoms with Gasteiger partial charge in [-0.1, -0.05) is 6.07 Å². The molecule has 1 aliphatic rings. The Balaban J connectivity index is 2.45. The molecule has 1 saturated heterocycles. The van der Waals surface area contributed by atoms with E-state index in [1.165, 1.54) is 16.4 Å².